The minimum absolute atomic E-state index is 0.250. The molecule has 1 aliphatic rings. The molecule has 0 saturated heterocycles. The van der Waals surface area contributed by atoms with Gasteiger partial charge in [0.05, 0.1) is 0 Å². The number of halogens is 1. The second-order valence-electron chi connectivity index (χ2n) is 5.97. The van der Waals surface area contributed by atoms with Gasteiger partial charge in [-0.2, -0.15) is 0 Å². The third kappa shape index (κ3) is 2.98. The molecule has 5 nitrogen and oxygen atoms in total. The zero-order valence-corrected chi connectivity index (χ0v) is 13.6. The fraction of sp³-hybridized carbons (Fsp3) is 0.158. The van der Waals surface area contributed by atoms with Crippen LogP contribution in [0.4, 0.5) is 27.4 Å². The molecule has 4 rings (SSSR count). The minimum Gasteiger partial charge on any atom is -0.393 e. The molecule has 0 bridgehead atoms. The molecule has 3 aromatic rings. The topological polar surface area (TPSA) is 67.1 Å². The number of nitrogens with zero attached hydrogens (tertiary/aromatic N) is 3. The number of benzene rings is 2. The van der Waals surface area contributed by atoms with Crippen LogP contribution in [0.2, 0.25) is 0 Å². The third-order valence-electron chi connectivity index (χ3n) is 4.38. The van der Waals surface area contributed by atoms with Crippen LogP contribution in [-0.2, 0) is 13.0 Å². The van der Waals surface area contributed by atoms with Crippen molar-refractivity contribution in [2.75, 3.05) is 22.5 Å². The van der Waals surface area contributed by atoms with Gasteiger partial charge in [0, 0.05) is 18.8 Å². The summed E-state index contributed by atoms with van der Waals surface area (Å²) < 4.78 is 13.0. The summed E-state index contributed by atoms with van der Waals surface area (Å²) >= 11 is 0. The molecule has 1 aliphatic heterocycles. The number of aromatic nitrogens is 2. The Balaban J connectivity index is 1.57. The first-order chi connectivity index (χ1) is 12.2. The summed E-state index contributed by atoms with van der Waals surface area (Å²) in [6.45, 7) is 1.36. The summed E-state index contributed by atoms with van der Waals surface area (Å²) in [6, 6.07) is 14.6. The zero-order valence-electron chi connectivity index (χ0n) is 13.6. The number of hydrogen-bond donors (Lipinski definition) is 2. The minimum atomic E-state index is -0.250. The van der Waals surface area contributed by atoms with Gasteiger partial charge in [-0.15, -0.1) is 0 Å². The van der Waals surface area contributed by atoms with Gasteiger partial charge in [-0.1, -0.05) is 30.3 Å². The molecule has 25 heavy (non-hydrogen) atoms. The van der Waals surface area contributed by atoms with Crippen LogP contribution < -0.4 is 16.0 Å². The molecule has 0 unspecified atom stereocenters. The maximum Gasteiger partial charge on any atom is 0.161 e. The monoisotopic (exact) mass is 335 g/mol. The van der Waals surface area contributed by atoms with Crippen LogP contribution in [0.1, 0.15) is 11.1 Å². The number of hydrogen-bond acceptors (Lipinski definition) is 5. The standard InChI is InChI=1S/C19H18FN5/c20-15-7-5-13(6-8-15)11-22-18-17(21)19(24-12-23-18)25-10-9-14-3-1-2-4-16(14)25/h1-8,12H,9-11,21H2,(H,22,23,24). The summed E-state index contributed by atoms with van der Waals surface area (Å²) in [7, 11) is 0. The van der Waals surface area contributed by atoms with Crippen molar-refractivity contribution in [2.24, 2.45) is 0 Å². The number of fused-ring (bicyclic) bond motifs is 1. The van der Waals surface area contributed by atoms with Crippen LogP contribution in [0, 0.1) is 5.82 Å². The second kappa shape index (κ2) is 6.39. The summed E-state index contributed by atoms with van der Waals surface area (Å²) in [5.41, 5.74) is 10.2. The van der Waals surface area contributed by atoms with Crippen molar-refractivity contribution in [1.82, 2.24) is 9.97 Å². The fourth-order valence-electron chi connectivity index (χ4n) is 3.09. The van der Waals surface area contributed by atoms with Crippen LogP contribution >= 0.6 is 0 Å². The SMILES string of the molecule is Nc1c(NCc2ccc(F)cc2)ncnc1N1CCc2ccccc21. The predicted molar refractivity (Wildman–Crippen MR) is 97.3 cm³/mol. The molecular formula is C19H18FN5. The molecule has 0 amide bonds. The average molecular weight is 335 g/mol. The lowest BCUT2D eigenvalue weighted by Gasteiger charge is -2.21. The first-order valence-corrected chi connectivity index (χ1v) is 8.16. The molecule has 0 atom stereocenters. The van der Waals surface area contributed by atoms with Crippen LogP contribution in [0.5, 0.6) is 0 Å². The Bertz CT molecular complexity index is 895. The lowest BCUT2D eigenvalue weighted by atomic mass is 10.2. The number of anilines is 4. The first-order valence-electron chi connectivity index (χ1n) is 8.16. The lowest BCUT2D eigenvalue weighted by molar-refractivity contribution is 0.627. The van der Waals surface area contributed by atoms with E-state index in [1.54, 1.807) is 12.1 Å². The molecule has 126 valence electrons. The maximum absolute atomic E-state index is 13.0. The van der Waals surface area contributed by atoms with E-state index in [-0.39, 0.29) is 5.82 Å². The Morgan fingerprint density at radius 2 is 1.88 bits per heavy atom. The Kier molecular flexibility index (Phi) is 3.93. The molecule has 0 saturated carbocycles. The van der Waals surface area contributed by atoms with E-state index in [1.807, 2.05) is 12.1 Å². The van der Waals surface area contributed by atoms with Crippen molar-refractivity contribution in [3.8, 4) is 0 Å². The van der Waals surface area contributed by atoms with Crippen LogP contribution in [-0.4, -0.2) is 16.5 Å². The highest BCUT2D eigenvalue weighted by Crippen LogP contribution is 2.37. The Morgan fingerprint density at radius 1 is 1.08 bits per heavy atom. The largest absolute Gasteiger partial charge is 0.393 e. The molecule has 6 heteroatoms. The van der Waals surface area contributed by atoms with Crippen molar-refractivity contribution >= 4 is 23.0 Å². The average Bonchev–Trinajstić information content (AvgIpc) is 3.06. The molecule has 1 aromatic heterocycles. The second-order valence-corrected chi connectivity index (χ2v) is 5.97. The predicted octanol–water partition coefficient (Wildman–Crippen LogP) is 3.50. The molecule has 3 N–H and O–H groups in total. The number of nitrogens with two attached hydrogens (primary N) is 1. The lowest BCUT2D eigenvalue weighted by Crippen LogP contribution is -2.18. The summed E-state index contributed by atoms with van der Waals surface area (Å²) in [6.07, 6.45) is 2.48. The molecule has 0 fully saturated rings. The van der Waals surface area contributed by atoms with Crippen molar-refractivity contribution < 1.29 is 4.39 Å². The quantitative estimate of drug-likeness (QED) is 0.764. The van der Waals surface area contributed by atoms with Gasteiger partial charge in [-0.25, -0.2) is 14.4 Å². The summed E-state index contributed by atoms with van der Waals surface area (Å²) in [5.74, 6) is 1.04. The van der Waals surface area contributed by atoms with E-state index in [9.17, 15) is 4.39 Å². The maximum atomic E-state index is 13.0. The number of para-hydroxylation sites is 1. The highest BCUT2D eigenvalue weighted by Gasteiger charge is 2.23. The van der Waals surface area contributed by atoms with E-state index in [4.69, 9.17) is 5.73 Å². The molecular weight excluding hydrogens is 317 g/mol. The Morgan fingerprint density at radius 3 is 2.72 bits per heavy atom. The molecule has 0 spiro atoms. The summed E-state index contributed by atoms with van der Waals surface area (Å²) in [5, 5.41) is 3.21. The Labute approximate surface area is 145 Å². The number of nitrogen functional groups attached to an aromatic ring is 1. The van der Waals surface area contributed by atoms with Crippen molar-refractivity contribution in [2.45, 2.75) is 13.0 Å². The van der Waals surface area contributed by atoms with E-state index >= 15 is 0 Å². The van der Waals surface area contributed by atoms with Gasteiger partial charge in [0.2, 0.25) is 0 Å². The third-order valence-corrected chi connectivity index (χ3v) is 4.38. The van der Waals surface area contributed by atoms with Gasteiger partial charge in [-0.3, -0.25) is 0 Å². The van der Waals surface area contributed by atoms with Crippen molar-refractivity contribution in [3.05, 3.63) is 71.8 Å². The fourth-order valence-corrected chi connectivity index (χ4v) is 3.09. The van der Waals surface area contributed by atoms with Gasteiger partial charge in [0.25, 0.3) is 0 Å². The number of nitrogens with one attached hydrogen (secondary N) is 1. The Hall–Kier alpha value is -3.15. The van der Waals surface area contributed by atoms with E-state index in [1.165, 1.54) is 24.0 Å². The molecule has 0 radical (unpaired) electrons. The highest BCUT2D eigenvalue weighted by atomic mass is 19.1. The van der Waals surface area contributed by atoms with E-state index in [0.29, 0.717) is 23.9 Å². The molecule has 2 aromatic carbocycles. The van der Waals surface area contributed by atoms with Crippen molar-refractivity contribution in [1.29, 1.82) is 0 Å². The number of rotatable bonds is 4. The highest BCUT2D eigenvalue weighted by molar-refractivity contribution is 5.81. The van der Waals surface area contributed by atoms with E-state index < -0.39 is 0 Å². The van der Waals surface area contributed by atoms with Crippen LogP contribution in [0.25, 0.3) is 0 Å². The van der Waals surface area contributed by atoms with Gasteiger partial charge in [-0.05, 0) is 35.7 Å². The van der Waals surface area contributed by atoms with Gasteiger partial charge >= 0.3 is 0 Å². The summed E-state index contributed by atoms with van der Waals surface area (Å²) in [4.78, 5) is 10.8. The van der Waals surface area contributed by atoms with Crippen molar-refractivity contribution in [3.63, 3.8) is 0 Å². The van der Waals surface area contributed by atoms with Gasteiger partial charge < -0.3 is 16.0 Å². The van der Waals surface area contributed by atoms with E-state index in [2.05, 4.69) is 32.3 Å². The smallest absolute Gasteiger partial charge is 0.161 e. The van der Waals surface area contributed by atoms with Gasteiger partial charge in [0.15, 0.2) is 11.6 Å². The van der Waals surface area contributed by atoms with E-state index in [0.717, 1.165) is 24.2 Å². The zero-order chi connectivity index (χ0) is 17.2. The van der Waals surface area contributed by atoms with Gasteiger partial charge in [0.1, 0.15) is 17.8 Å². The van der Waals surface area contributed by atoms with Crippen LogP contribution in [0.15, 0.2) is 54.9 Å². The normalized spacial score (nSPS) is 12.9. The molecule has 2 heterocycles. The first kappa shape index (κ1) is 15.4. The van der Waals surface area contributed by atoms with Crippen LogP contribution in [0.3, 0.4) is 0 Å². The molecule has 0 aliphatic carbocycles.